The Kier molecular flexibility index (Phi) is 6.48. The number of rotatable bonds is 6. The van der Waals surface area contributed by atoms with E-state index in [4.69, 9.17) is 11.6 Å². The summed E-state index contributed by atoms with van der Waals surface area (Å²) in [4.78, 5) is 12.8. The van der Waals surface area contributed by atoms with Gasteiger partial charge in [-0.3, -0.25) is 4.79 Å². The topological polar surface area (TPSA) is 63.2 Å². The van der Waals surface area contributed by atoms with Crippen LogP contribution in [0.25, 0.3) is 0 Å². The molecule has 0 aliphatic heterocycles. The van der Waals surface area contributed by atoms with E-state index in [2.05, 4.69) is 12.2 Å². The number of carbonyl (C=O) groups excluding carboxylic acids is 1. The van der Waals surface area contributed by atoms with Gasteiger partial charge in [-0.05, 0) is 41.7 Å². The highest BCUT2D eigenvalue weighted by Crippen LogP contribution is 2.25. The molecule has 2 rings (SSSR count). The predicted molar refractivity (Wildman–Crippen MR) is 105 cm³/mol. The second-order valence-electron chi connectivity index (χ2n) is 6.70. The summed E-state index contributed by atoms with van der Waals surface area (Å²) in [5.41, 5.74) is 2.39. The summed E-state index contributed by atoms with van der Waals surface area (Å²) in [6.07, 6.45) is 2.05. The molecule has 1 atom stereocenters. The van der Waals surface area contributed by atoms with Crippen molar-refractivity contribution in [2.45, 2.75) is 38.1 Å². The first-order chi connectivity index (χ1) is 12.1. The molecule has 0 radical (unpaired) electrons. The SMILES string of the molecule is CCc1ccc(C(NC(=O)c2cc(S(C)(=O)=O)ccc2Cl)C(C)C)cc1. The van der Waals surface area contributed by atoms with Crippen LogP contribution >= 0.6 is 11.6 Å². The van der Waals surface area contributed by atoms with Gasteiger partial charge in [-0.15, -0.1) is 0 Å². The number of benzene rings is 2. The largest absolute Gasteiger partial charge is 0.345 e. The Hall–Kier alpha value is -1.85. The van der Waals surface area contributed by atoms with Crippen LogP contribution in [0.15, 0.2) is 47.4 Å². The lowest BCUT2D eigenvalue weighted by Gasteiger charge is -2.23. The smallest absolute Gasteiger partial charge is 0.253 e. The van der Waals surface area contributed by atoms with Gasteiger partial charge in [-0.2, -0.15) is 0 Å². The summed E-state index contributed by atoms with van der Waals surface area (Å²) < 4.78 is 23.5. The van der Waals surface area contributed by atoms with Gasteiger partial charge < -0.3 is 5.32 Å². The van der Waals surface area contributed by atoms with Gasteiger partial charge in [0.05, 0.1) is 21.5 Å². The third-order valence-corrected chi connectivity index (χ3v) is 5.75. The van der Waals surface area contributed by atoms with Gasteiger partial charge in [0.15, 0.2) is 9.84 Å². The molecule has 2 aromatic carbocycles. The maximum absolute atomic E-state index is 12.8. The van der Waals surface area contributed by atoms with Crippen LogP contribution < -0.4 is 5.32 Å². The lowest BCUT2D eigenvalue weighted by Crippen LogP contribution is -2.32. The summed E-state index contributed by atoms with van der Waals surface area (Å²) in [7, 11) is -3.42. The molecule has 0 heterocycles. The number of carbonyl (C=O) groups is 1. The van der Waals surface area contributed by atoms with Crippen LogP contribution in [0, 0.1) is 5.92 Å². The van der Waals surface area contributed by atoms with Crippen molar-refractivity contribution in [3.05, 3.63) is 64.2 Å². The third kappa shape index (κ3) is 4.86. The van der Waals surface area contributed by atoms with E-state index < -0.39 is 15.7 Å². The van der Waals surface area contributed by atoms with Gasteiger partial charge in [-0.1, -0.05) is 56.6 Å². The predicted octanol–water partition coefficient (Wildman–Crippen LogP) is 4.43. The molecule has 1 unspecified atom stereocenters. The molecule has 2 aromatic rings. The van der Waals surface area contributed by atoms with Gasteiger partial charge in [0.1, 0.15) is 0 Å². The second-order valence-corrected chi connectivity index (χ2v) is 9.13. The lowest BCUT2D eigenvalue weighted by molar-refractivity contribution is 0.0925. The van der Waals surface area contributed by atoms with Crippen molar-refractivity contribution in [1.82, 2.24) is 5.32 Å². The van der Waals surface area contributed by atoms with E-state index in [0.29, 0.717) is 0 Å². The third-order valence-electron chi connectivity index (χ3n) is 4.31. The van der Waals surface area contributed by atoms with Crippen molar-refractivity contribution in [3.8, 4) is 0 Å². The van der Waals surface area contributed by atoms with Crippen LogP contribution in [-0.4, -0.2) is 20.6 Å². The van der Waals surface area contributed by atoms with Crippen molar-refractivity contribution in [2.75, 3.05) is 6.26 Å². The molecule has 6 heteroatoms. The van der Waals surface area contributed by atoms with Crippen LogP contribution in [0.1, 0.15) is 48.3 Å². The Balaban J connectivity index is 2.33. The van der Waals surface area contributed by atoms with Gasteiger partial charge in [0, 0.05) is 6.26 Å². The number of aryl methyl sites for hydroxylation is 1. The monoisotopic (exact) mass is 393 g/mol. The fourth-order valence-corrected chi connectivity index (χ4v) is 3.57. The first kappa shape index (κ1) is 20.5. The van der Waals surface area contributed by atoms with Gasteiger partial charge in [0.25, 0.3) is 5.91 Å². The fraction of sp³-hybridized carbons (Fsp3) is 0.350. The van der Waals surface area contributed by atoms with Crippen LogP contribution in [0.5, 0.6) is 0 Å². The molecule has 140 valence electrons. The van der Waals surface area contributed by atoms with Crippen LogP contribution in [0.2, 0.25) is 5.02 Å². The molecule has 4 nitrogen and oxygen atoms in total. The summed E-state index contributed by atoms with van der Waals surface area (Å²) in [6.45, 7) is 6.13. The van der Waals surface area contributed by atoms with Crippen LogP contribution in [0.3, 0.4) is 0 Å². The van der Waals surface area contributed by atoms with Gasteiger partial charge >= 0.3 is 0 Å². The highest BCUT2D eigenvalue weighted by atomic mass is 35.5. The van der Waals surface area contributed by atoms with Crippen molar-refractivity contribution in [2.24, 2.45) is 5.92 Å². The zero-order valence-corrected chi connectivity index (χ0v) is 17.0. The number of hydrogen-bond acceptors (Lipinski definition) is 3. The van der Waals surface area contributed by atoms with Crippen molar-refractivity contribution >= 4 is 27.3 Å². The van der Waals surface area contributed by atoms with Gasteiger partial charge in [-0.25, -0.2) is 8.42 Å². The zero-order chi connectivity index (χ0) is 19.5. The number of hydrogen-bond donors (Lipinski definition) is 1. The fourth-order valence-electron chi connectivity index (χ4n) is 2.72. The Labute approximate surface area is 160 Å². The first-order valence-electron chi connectivity index (χ1n) is 8.52. The summed E-state index contributed by atoms with van der Waals surface area (Å²) in [6, 6.07) is 12.1. The number of halogens is 1. The lowest BCUT2D eigenvalue weighted by atomic mass is 9.94. The van der Waals surface area contributed by atoms with E-state index in [1.54, 1.807) is 0 Å². The van der Waals surface area contributed by atoms with E-state index in [1.165, 1.54) is 23.8 Å². The minimum Gasteiger partial charge on any atom is -0.345 e. The van der Waals surface area contributed by atoms with Gasteiger partial charge in [0.2, 0.25) is 0 Å². The molecule has 26 heavy (non-hydrogen) atoms. The quantitative estimate of drug-likeness (QED) is 0.789. The second kappa shape index (κ2) is 8.23. The molecule has 0 fully saturated rings. The molecule has 0 saturated carbocycles. The minimum absolute atomic E-state index is 0.0699. The minimum atomic E-state index is -3.42. The standard InChI is InChI=1S/C20H24ClNO3S/c1-5-14-6-8-15(9-7-14)19(13(2)3)22-20(23)17-12-16(26(4,24)25)10-11-18(17)21/h6-13,19H,5H2,1-4H3,(H,22,23). The Morgan fingerprint density at radius 1 is 1.12 bits per heavy atom. The molecule has 1 N–H and O–H groups in total. The first-order valence-corrected chi connectivity index (χ1v) is 10.8. The summed E-state index contributed by atoms with van der Waals surface area (Å²) >= 11 is 6.13. The maximum atomic E-state index is 12.8. The number of sulfone groups is 1. The van der Waals surface area contributed by atoms with E-state index >= 15 is 0 Å². The number of nitrogens with one attached hydrogen (secondary N) is 1. The van der Waals surface area contributed by atoms with Crippen LogP contribution in [0.4, 0.5) is 0 Å². The van der Waals surface area contributed by atoms with E-state index in [1.807, 2.05) is 38.1 Å². The summed E-state index contributed by atoms with van der Waals surface area (Å²) in [5, 5.41) is 3.21. The molecular formula is C20H24ClNO3S. The Bertz CT molecular complexity index is 890. The molecule has 1 amide bonds. The van der Waals surface area contributed by atoms with Crippen molar-refractivity contribution in [1.29, 1.82) is 0 Å². The molecule has 0 aromatic heterocycles. The average molecular weight is 394 g/mol. The van der Waals surface area contributed by atoms with Crippen LogP contribution in [-0.2, 0) is 16.3 Å². The molecule has 0 saturated heterocycles. The van der Waals surface area contributed by atoms with E-state index in [9.17, 15) is 13.2 Å². The maximum Gasteiger partial charge on any atom is 0.253 e. The highest BCUT2D eigenvalue weighted by molar-refractivity contribution is 7.90. The number of amides is 1. The Morgan fingerprint density at radius 3 is 2.23 bits per heavy atom. The van der Waals surface area contributed by atoms with Crippen molar-refractivity contribution in [3.63, 3.8) is 0 Å². The molecule has 0 aliphatic carbocycles. The Morgan fingerprint density at radius 2 is 1.73 bits per heavy atom. The normalized spacial score (nSPS) is 12.8. The molecule has 0 bridgehead atoms. The molecule has 0 spiro atoms. The zero-order valence-electron chi connectivity index (χ0n) is 15.4. The highest BCUT2D eigenvalue weighted by Gasteiger charge is 2.22. The average Bonchev–Trinajstić information content (AvgIpc) is 2.58. The van der Waals surface area contributed by atoms with E-state index in [-0.39, 0.29) is 27.4 Å². The summed E-state index contributed by atoms with van der Waals surface area (Å²) in [5.74, 6) is -0.234. The molecule has 0 aliphatic rings. The van der Waals surface area contributed by atoms with Crippen molar-refractivity contribution < 1.29 is 13.2 Å². The van der Waals surface area contributed by atoms with E-state index in [0.717, 1.165) is 18.2 Å². The molecular weight excluding hydrogens is 370 g/mol.